The highest BCUT2D eigenvalue weighted by molar-refractivity contribution is 7.78. The first-order valence-corrected chi connectivity index (χ1v) is 6.92. The van der Waals surface area contributed by atoms with Gasteiger partial charge in [-0.05, 0) is 42.5 Å². The molecule has 0 saturated heterocycles. The van der Waals surface area contributed by atoms with Crippen LogP contribution < -0.4 is 19.9 Å². The lowest BCUT2D eigenvalue weighted by Gasteiger charge is -2.09. The fourth-order valence-electron chi connectivity index (χ4n) is 1.75. The van der Waals surface area contributed by atoms with E-state index in [0.717, 1.165) is 6.07 Å². The zero-order valence-corrected chi connectivity index (χ0v) is 12.9. The Balaban J connectivity index is 2.09. The highest BCUT2D eigenvalue weighted by Gasteiger charge is 2.16. The minimum absolute atomic E-state index is 0.114. The van der Waals surface area contributed by atoms with E-state index in [0.29, 0.717) is 5.56 Å². The van der Waals surface area contributed by atoms with Crippen molar-refractivity contribution in [2.45, 2.75) is 0 Å². The fourth-order valence-corrected chi connectivity index (χ4v) is 1.88. The van der Waals surface area contributed by atoms with Crippen LogP contribution in [-0.2, 0) is 0 Å². The van der Waals surface area contributed by atoms with Crippen molar-refractivity contribution in [2.24, 2.45) is 0 Å². The molecule has 0 aliphatic rings. The van der Waals surface area contributed by atoms with Crippen molar-refractivity contribution < 1.29 is 29.0 Å². The minimum atomic E-state index is -1.30. The van der Waals surface area contributed by atoms with Crippen molar-refractivity contribution in [3.05, 3.63) is 53.6 Å². The summed E-state index contributed by atoms with van der Waals surface area (Å²) < 4.78 is 11.9. The van der Waals surface area contributed by atoms with E-state index >= 15 is 0 Å². The van der Waals surface area contributed by atoms with E-state index in [-0.39, 0.29) is 22.7 Å². The van der Waals surface area contributed by atoms with Crippen LogP contribution in [0.3, 0.4) is 0 Å². The van der Waals surface area contributed by atoms with Gasteiger partial charge in [0.1, 0.15) is 17.1 Å². The Bertz CT molecular complexity index is 791. The normalized spacial score (nSPS) is 9.88. The summed E-state index contributed by atoms with van der Waals surface area (Å²) in [7, 11) is 0. The number of nitrogens with one attached hydrogen (secondary N) is 1. The number of nitrogens with two attached hydrogens (primary N) is 1. The molecule has 4 N–H and O–H groups in total. The molecule has 0 radical (unpaired) electrons. The van der Waals surface area contributed by atoms with Crippen molar-refractivity contribution in [3.63, 3.8) is 0 Å². The smallest absolute Gasteiger partial charge is 0.478 e. The second-order valence-corrected chi connectivity index (χ2v) is 4.70. The van der Waals surface area contributed by atoms with Crippen molar-refractivity contribution in [1.82, 2.24) is 4.72 Å². The first-order chi connectivity index (χ1) is 11.4. The molecule has 0 heterocycles. The van der Waals surface area contributed by atoms with Crippen molar-refractivity contribution in [3.8, 4) is 11.5 Å². The number of carboxylic acids is 1. The molecule has 0 aromatic heterocycles. The molecule has 0 aliphatic heterocycles. The van der Waals surface area contributed by atoms with Gasteiger partial charge in [0.05, 0.1) is 0 Å². The van der Waals surface area contributed by atoms with Gasteiger partial charge in [-0.15, -0.1) is 0 Å². The third-order valence-electron chi connectivity index (χ3n) is 2.85. The molecule has 0 saturated carbocycles. The lowest BCUT2D eigenvalue weighted by molar-refractivity contribution is 0.0693. The van der Waals surface area contributed by atoms with E-state index < -0.39 is 18.0 Å². The zero-order chi connectivity index (χ0) is 17.7. The van der Waals surface area contributed by atoms with Gasteiger partial charge in [0.15, 0.2) is 0 Å². The van der Waals surface area contributed by atoms with Crippen LogP contribution in [0.2, 0.25) is 0 Å². The molecule has 24 heavy (non-hydrogen) atoms. The summed E-state index contributed by atoms with van der Waals surface area (Å²) in [6.45, 7) is 0. The van der Waals surface area contributed by atoms with E-state index in [9.17, 15) is 14.4 Å². The largest absolute Gasteiger partial charge is 0.519 e. The Kier molecular flexibility index (Phi) is 5.27. The number of carboxylic acid groups (broad SMARTS) is 1. The third-order valence-corrected chi connectivity index (χ3v) is 3.05. The quantitative estimate of drug-likeness (QED) is 0.288. The van der Waals surface area contributed by atoms with Gasteiger partial charge in [-0.25, -0.2) is 9.59 Å². The third kappa shape index (κ3) is 4.17. The predicted octanol–water partition coefficient (Wildman–Crippen LogP) is 2.12. The Labute approximate surface area is 141 Å². The SMILES string of the molecule is Nc1ccc(OC(=O)Oc2ccc(C(=O)NS)cc2)c(C(=O)O)c1. The summed E-state index contributed by atoms with van der Waals surface area (Å²) in [5, 5.41) is 9.07. The van der Waals surface area contributed by atoms with Gasteiger partial charge >= 0.3 is 12.1 Å². The van der Waals surface area contributed by atoms with Crippen molar-refractivity contribution >= 4 is 36.5 Å². The number of aromatic carboxylic acids is 1. The second kappa shape index (κ2) is 7.38. The molecule has 0 aliphatic carbocycles. The Morgan fingerprint density at radius 1 is 1.04 bits per heavy atom. The molecular formula is C15H12N2O6S. The van der Waals surface area contributed by atoms with Gasteiger partial charge in [-0.3, -0.25) is 9.52 Å². The molecule has 9 heteroatoms. The molecule has 0 fully saturated rings. The van der Waals surface area contributed by atoms with Gasteiger partial charge < -0.3 is 20.3 Å². The number of thiol groups is 1. The van der Waals surface area contributed by atoms with E-state index in [4.69, 9.17) is 20.3 Å². The number of nitrogen functional groups attached to an aromatic ring is 1. The Hall–Kier alpha value is -3.20. The highest BCUT2D eigenvalue weighted by atomic mass is 32.1. The molecule has 2 rings (SSSR count). The highest BCUT2D eigenvalue weighted by Crippen LogP contribution is 2.22. The van der Waals surface area contributed by atoms with Crippen LogP contribution in [0.15, 0.2) is 42.5 Å². The number of rotatable bonds is 4. The number of carbonyl (C=O) groups excluding carboxylic acids is 2. The number of anilines is 1. The molecular weight excluding hydrogens is 336 g/mol. The summed E-state index contributed by atoms with van der Waals surface area (Å²) in [6.07, 6.45) is -1.13. The molecule has 0 spiro atoms. The van der Waals surface area contributed by atoms with Crippen LogP contribution in [-0.4, -0.2) is 23.1 Å². The van der Waals surface area contributed by atoms with Crippen LogP contribution in [0.4, 0.5) is 10.5 Å². The maximum Gasteiger partial charge on any atom is 0.519 e. The number of benzene rings is 2. The van der Waals surface area contributed by atoms with E-state index in [1.54, 1.807) is 0 Å². The molecule has 2 aromatic rings. The van der Waals surface area contributed by atoms with Crippen LogP contribution in [0.5, 0.6) is 11.5 Å². The lowest BCUT2D eigenvalue weighted by Crippen LogP contribution is -2.16. The summed E-state index contributed by atoms with van der Waals surface area (Å²) in [5.41, 5.74) is 5.76. The minimum Gasteiger partial charge on any atom is -0.478 e. The summed E-state index contributed by atoms with van der Waals surface area (Å²) in [5.74, 6) is -1.80. The second-order valence-electron chi connectivity index (χ2n) is 4.48. The molecule has 124 valence electrons. The summed E-state index contributed by atoms with van der Waals surface area (Å²) >= 11 is 3.64. The number of carbonyl (C=O) groups is 3. The summed E-state index contributed by atoms with van der Waals surface area (Å²) in [4.78, 5) is 34.2. The van der Waals surface area contributed by atoms with E-state index in [1.807, 2.05) is 0 Å². The van der Waals surface area contributed by atoms with E-state index in [1.165, 1.54) is 36.4 Å². The molecule has 2 aromatic carbocycles. The summed E-state index contributed by atoms with van der Waals surface area (Å²) in [6, 6.07) is 9.39. The first kappa shape index (κ1) is 17.2. The van der Waals surface area contributed by atoms with Gasteiger partial charge in [-0.1, -0.05) is 12.8 Å². The van der Waals surface area contributed by atoms with E-state index in [2.05, 4.69) is 17.5 Å². The molecule has 8 nitrogen and oxygen atoms in total. The van der Waals surface area contributed by atoms with Crippen LogP contribution in [0.1, 0.15) is 20.7 Å². The molecule has 0 bridgehead atoms. The van der Waals surface area contributed by atoms with Gasteiger partial charge in [0.25, 0.3) is 5.91 Å². The molecule has 1 amide bonds. The standard InChI is InChI=1S/C15H12N2O6S/c16-9-3-6-12(11(7-9)14(19)20)23-15(21)22-10-4-1-8(2-5-10)13(18)17-24/h1-7,24H,16H2,(H,17,18)(H,19,20). The molecule has 0 atom stereocenters. The number of hydrogen-bond acceptors (Lipinski definition) is 7. The van der Waals surface area contributed by atoms with Crippen LogP contribution >= 0.6 is 12.8 Å². The average molecular weight is 348 g/mol. The predicted molar refractivity (Wildman–Crippen MR) is 87.4 cm³/mol. The zero-order valence-electron chi connectivity index (χ0n) is 12.1. The Morgan fingerprint density at radius 2 is 1.71 bits per heavy atom. The van der Waals surface area contributed by atoms with Crippen LogP contribution in [0.25, 0.3) is 0 Å². The lowest BCUT2D eigenvalue weighted by atomic mass is 10.2. The van der Waals surface area contributed by atoms with Gasteiger partial charge in [0, 0.05) is 11.3 Å². The number of hydrogen-bond donors (Lipinski definition) is 4. The van der Waals surface area contributed by atoms with Crippen LogP contribution in [0, 0.1) is 0 Å². The fraction of sp³-hybridized carbons (Fsp3) is 0. The van der Waals surface area contributed by atoms with Crippen molar-refractivity contribution in [2.75, 3.05) is 5.73 Å². The van der Waals surface area contributed by atoms with Crippen molar-refractivity contribution in [1.29, 1.82) is 0 Å². The maximum atomic E-state index is 11.8. The first-order valence-electron chi connectivity index (χ1n) is 6.47. The monoisotopic (exact) mass is 348 g/mol. The molecule has 0 unspecified atom stereocenters. The average Bonchev–Trinajstić information content (AvgIpc) is 2.56. The van der Waals surface area contributed by atoms with Gasteiger partial charge in [-0.2, -0.15) is 0 Å². The topological polar surface area (TPSA) is 128 Å². The number of ether oxygens (including phenoxy) is 2. The Morgan fingerprint density at radius 3 is 2.29 bits per heavy atom. The number of amides is 1. The maximum absolute atomic E-state index is 11.8. The van der Waals surface area contributed by atoms with Gasteiger partial charge in [0.2, 0.25) is 0 Å².